The Morgan fingerprint density at radius 3 is 2.33 bits per heavy atom. The molecule has 5 heterocycles. The summed E-state index contributed by atoms with van der Waals surface area (Å²) >= 11 is 0. The zero-order chi connectivity index (χ0) is 29.8. The molecule has 1 fully saturated rings. The highest BCUT2D eigenvalue weighted by Gasteiger charge is 2.65. The summed E-state index contributed by atoms with van der Waals surface area (Å²) in [4.78, 5) is 27.1. The van der Waals surface area contributed by atoms with E-state index < -0.39 is 23.5 Å². The Bertz CT molecular complexity index is 2040. The molecule has 3 aliphatic heterocycles. The third kappa shape index (κ3) is 3.21. The lowest BCUT2D eigenvalue weighted by Crippen LogP contribution is -2.56. The molecule has 0 saturated carbocycles. The molecule has 1 saturated heterocycles. The van der Waals surface area contributed by atoms with Crippen LogP contribution in [0.2, 0.25) is 0 Å². The van der Waals surface area contributed by atoms with Crippen LogP contribution in [0.15, 0.2) is 36.4 Å². The summed E-state index contributed by atoms with van der Waals surface area (Å²) in [5.41, 5.74) is 3.30. The van der Waals surface area contributed by atoms with E-state index in [0.29, 0.717) is 38.5 Å². The van der Waals surface area contributed by atoms with Crippen LogP contribution in [0.4, 0.5) is 0 Å². The quantitative estimate of drug-likeness (QED) is 0.267. The van der Waals surface area contributed by atoms with E-state index in [0.717, 1.165) is 60.3 Å². The van der Waals surface area contributed by atoms with Crippen molar-refractivity contribution in [2.75, 3.05) is 20.3 Å². The maximum Gasteiger partial charge on any atom is 0.343 e. The van der Waals surface area contributed by atoms with Gasteiger partial charge in [-0.05, 0) is 61.7 Å². The minimum absolute atomic E-state index is 0.0257. The van der Waals surface area contributed by atoms with Crippen molar-refractivity contribution in [2.45, 2.75) is 64.5 Å². The highest BCUT2D eigenvalue weighted by Crippen LogP contribution is 2.58. The summed E-state index contributed by atoms with van der Waals surface area (Å²) in [5.74, 6) is -0.876. The van der Waals surface area contributed by atoms with Gasteiger partial charge in [0.15, 0.2) is 5.72 Å². The average Bonchev–Trinajstić information content (AvgIpc) is 3.70. The number of rotatable bonds is 7. The Morgan fingerprint density at radius 1 is 1.02 bits per heavy atom. The molecule has 8 rings (SSSR count). The second-order valence-corrected chi connectivity index (χ2v) is 11.8. The summed E-state index contributed by atoms with van der Waals surface area (Å²) in [6.45, 7) is 8.09. The number of benzene rings is 3. The number of aromatic nitrogens is 2. The minimum atomic E-state index is -1.99. The number of nitrogens with one attached hydrogen (secondary N) is 1. The first-order valence-corrected chi connectivity index (χ1v) is 14.8. The number of fused-ring (bicyclic) bond motifs is 13. The van der Waals surface area contributed by atoms with Gasteiger partial charge >= 0.3 is 5.97 Å². The molecule has 0 spiro atoms. The van der Waals surface area contributed by atoms with Crippen molar-refractivity contribution in [1.29, 1.82) is 0 Å². The van der Waals surface area contributed by atoms with Gasteiger partial charge in [-0.15, -0.1) is 0 Å². The molecule has 43 heavy (non-hydrogen) atoms. The van der Waals surface area contributed by atoms with Gasteiger partial charge in [-0.3, -0.25) is 4.79 Å². The number of carbonyl (C=O) groups excluding carboxylic acids is 2. The van der Waals surface area contributed by atoms with Gasteiger partial charge in [0.05, 0.1) is 48.0 Å². The lowest BCUT2D eigenvalue weighted by atomic mass is 9.88. The Morgan fingerprint density at radius 2 is 1.67 bits per heavy atom. The van der Waals surface area contributed by atoms with Crippen LogP contribution < -0.4 is 5.32 Å². The molecule has 3 atom stereocenters. The number of hydrogen-bond donors (Lipinski definition) is 2. The molecule has 5 aromatic rings. The first-order valence-electron chi connectivity index (χ1n) is 14.8. The van der Waals surface area contributed by atoms with Crippen molar-refractivity contribution in [3.8, 4) is 0 Å². The molecule has 10 nitrogen and oxygen atoms in total. The van der Waals surface area contributed by atoms with Crippen LogP contribution in [0, 0.1) is 0 Å². The average molecular weight is 584 g/mol. The number of nitrogens with zero attached hydrogens (tertiary/aromatic N) is 2. The van der Waals surface area contributed by atoms with E-state index >= 15 is 0 Å². The standard InChI is InChI=1S/C33H33N3O7/c1-5-41-15-17-7-9-22-19(11-17)26-27-21(14-34-30(27)37)25-20-12-18(16-42-6-2)8-10-23(20)36-29(25)28(26)35(22)24-13-33(39,31(38)40-4)32(36,3)43-24/h7-12,24,39H,5-6,13-16H2,1-4H3,(H,34,37)/t24-,32+,33+/m0/s1. The van der Waals surface area contributed by atoms with Gasteiger partial charge in [0.1, 0.15) is 6.23 Å². The lowest BCUT2D eigenvalue weighted by Gasteiger charge is -2.37. The second kappa shape index (κ2) is 9.03. The Balaban J connectivity index is 1.60. The normalized spacial score (nSPS) is 24.0. The van der Waals surface area contributed by atoms with E-state index in [4.69, 9.17) is 18.9 Å². The highest BCUT2D eigenvalue weighted by atomic mass is 16.6. The van der Waals surface area contributed by atoms with Crippen molar-refractivity contribution in [2.24, 2.45) is 0 Å². The summed E-state index contributed by atoms with van der Waals surface area (Å²) in [6.07, 6.45) is -0.730. The summed E-state index contributed by atoms with van der Waals surface area (Å²) in [5, 5.41) is 18.9. The number of carbonyl (C=O) groups is 2. The van der Waals surface area contributed by atoms with Crippen LogP contribution in [0.25, 0.3) is 43.6 Å². The van der Waals surface area contributed by atoms with Crippen LogP contribution in [0.1, 0.15) is 60.5 Å². The van der Waals surface area contributed by atoms with Gasteiger partial charge in [0.25, 0.3) is 5.91 Å². The summed E-state index contributed by atoms with van der Waals surface area (Å²) < 4.78 is 27.5. The van der Waals surface area contributed by atoms with Gasteiger partial charge in [-0.1, -0.05) is 12.1 Å². The molecule has 3 aromatic carbocycles. The van der Waals surface area contributed by atoms with Crippen LogP contribution in [0.5, 0.6) is 0 Å². The lowest BCUT2D eigenvalue weighted by molar-refractivity contribution is -0.202. The Labute approximate surface area is 247 Å². The van der Waals surface area contributed by atoms with Crippen LogP contribution in [0.3, 0.4) is 0 Å². The van der Waals surface area contributed by atoms with Gasteiger partial charge in [0.2, 0.25) is 5.60 Å². The second-order valence-electron chi connectivity index (χ2n) is 11.8. The predicted octanol–water partition coefficient (Wildman–Crippen LogP) is 4.73. The highest BCUT2D eigenvalue weighted by molar-refractivity contribution is 6.31. The maximum atomic E-state index is 13.6. The zero-order valence-electron chi connectivity index (χ0n) is 24.6. The van der Waals surface area contributed by atoms with E-state index in [2.05, 4.69) is 22.0 Å². The molecule has 2 N–H and O–H groups in total. The number of methoxy groups -OCH3 is 1. The number of hydrogen-bond acceptors (Lipinski definition) is 7. The van der Waals surface area contributed by atoms with Gasteiger partial charge < -0.3 is 38.5 Å². The van der Waals surface area contributed by atoms with Crippen LogP contribution >= 0.6 is 0 Å². The Hall–Kier alpha value is -3.96. The monoisotopic (exact) mass is 583 g/mol. The predicted molar refractivity (Wildman–Crippen MR) is 160 cm³/mol. The fourth-order valence-electron chi connectivity index (χ4n) is 7.71. The van der Waals surface area contributed by atoms with E-state index in [-0.39, 0.29) is 12.3 Å². The molecule has 0 radical (unpaired) electrons. The first-order chi connectivity index (χ1) is 20.8. The van der Waals surface area contributed by atoms with Crippen molar-refractivity contribution >= 4 is 55.5 Å². The molecule has 3 aliphatic rings. The SMILES string of the molecule is CCOCc1ccc2c(c1)c1c3c(c4c5cc(COCC)ccc5n5c4c1n2[C@@H]1C[C@@](O)(C(=O)OC)[C@@]5(C)O1)CNC3=O. The molecule has 0 unspecified atom stereocenters. The fraction of sp³-hybridized carbons (Fsp3) is 0.394. The number of amides is 1. The summed E-state index contributed by atoms with van der Waals surface area (Å²) in [7, 11) is 1.28. The molecule has 2 aromatic heterocycles. The van der Waals surface area contributed by atoms with E-state index in [1.807, 2.05) is 42.7 Å². The minimum Gasteiger partial charge on any atom is -0.467 e. The third-order valence-corrected chi connectivity index (χ3v) is 9.62. The third-order valence-electron chi connectivity index (χ3n) is 9.62. The number of aliphatic hydroxyl groups is 1. The van der Waals surface area contributed by atoms with Gasteiger partial charge in [0, 0.05) is 47.7 Å². The van der Waals surface area contributed by atoms with E-state index in [1.165, 1.54) is 7.11 Å². The fourth-order valence-corrected chi connectivity index (χ4v) is 7.71. The van der Waals surface area contributed by atoms with Crippen molar-refractivity contribution in [3.05, 3.63) is 58.7 Å². The van der Waals surface area contributed by atoms with Crippen LogP contribution in [-0.4, -0.2) is 52.0 Å². The molecule has 222 valence electrons. The Kier molecular flexibility index (Phi) is 5.59. The molecule has 0 aliphatic carbocycles. The molecular weight excluding hydrogens is 550 g/mol. The van der Waals surface area contributed by atoms with E-state index in [9.17, 15) is 14.7 Å². The van der Waals surface area contributed by atoms with Crippen molar-refractivity contribution < 1.29 is 33.6 Å². The van der Waals surface area contributed by atoms with Gasteiger partial charge in [-0.2, -0.15) is 0 Å². The first kappa shape index (κ1) is 26.7. The molecular formula is C33H33N3O7. The number of esters is 1. The van der Waals surface area contributed by atoms with Crippen molar-refractivity contribution in [1.82, 2.24) is 14.5 Å². The van der Waals surface area contributed by atoms with Crippen LogP contribution in [-0.2, 0) is 49.2 Å². The largest absolute Gasteiger partial charge is 0.467 e. The molecule has 2 bridgehead atoms. The maximum absolute atomic E-state index is 13.6. The van der Waals surface area contributed by atoms with Gasteiger partial charge in [-0.25, -0.2) is 4.79 Å². The molecule has 1 amide bonds. The topological polar surface area (TPSA) is 113 Å². The summed E-state index contributed by atoms with van der Waals surface area (Å²) in [6, 6.07) is 12.2. The van der Waals surface area contributed by atoms with E-state index in [1.54, 1.807) is 6.92 Å². The smallest absolute Gasteiger partial charge is 0.343 e. The van der Waals surface area contributed by atoms with Crippen molar-refractivity contribution in [3.63, 3.8) is 0 Å². The number of ether oxygens (including phenoxy) is 4. The molecule has 10 heteroatoms. The zero-order valence-corrected chi connectivity index (χ0v) is 24.6.